The molecular formula is C13H15BrN2O4. The number of anilines is 1. The average Bonchev–Trinajstić information content (AvgIpc) is 2.72. The van der Waals surface area contributed by atoms with Gasteiger partial charge < -0.3 is 20.9 Å². The first-order chi connectivity index (χ1) is 9.34. The van der Waals surface area contributed by atoms with E-state index in [1.165, 1.54) is 0 Å². The molecule has 1 saturated heterocycles. The largest absolute Gasteiger partial charge is 0.481 e. The Balaban J connectivity index is 2.17. The molecule has 1 aromatic carbocycles. The van der Waals surface area contributed by atoms with Gasteiger partial charge >= 0.3 is 5.97 Å². The molecule has 0 aromatic heterocycles. The topological polar surface area (TPSA) is 102 Å². The first kappa shape index (κ1) is 14.8. The Kier molecular flexibility index (Phi) is 4.01. The Morgan fingerprint density at radius 2 is 2.25 bits per heavy atom. The highest BCUT2D eigenvalue weighted by atomic mass is 79.9. The quantitative estimate of drug-likeness (QED) is 0.717. The number of carboxylic acid groups (broad SMARTS) is 1. The third-order valence-corrected chi connectivity index (χ3v) is 4.00. The summed E-state index contributed by atoms with van der Waals surface area (Å²) in [6.45, 7) is 1.80. The zero-order chi connectivity index (χ0) is 14.9. The molecule has 0 aliphatic carbocycles. The number of rotatable bonds is 3. The van der Waals surface area contributed by atoms with Gasteiger partial charge in [0.2, 0.25) is 0 Å². The predicted molar refractivity (Wildman–Crippen MR) is 76.4 cm³/mol. The molecule has 1 aliphatic rings. The van der Waals surface area contributed by atoms with Crippen LogP contribution in [0.3, 0.4) is 0 Å². The van der Waals surface area contributed by atoms with Crippen LogP contribution in [-0.4, -0.2) is 36.2 Å². The highest BCUT2D eigenvalue weighted by Crippen LogP contribution is 2.29. The SMILES string of the molecule is CC1(C(=O)O)COCC1NC(=O)c1ccc(Br)cc1N. The number of carbonyl (C=O) groups is 2. The van der Waals surface area contributed by atoms with Gasteiger partial charge in [-0.05, 0) is 25.1 Å². The lowest BCUT2D eigenvalue weighted by Crippen LogP contribution is -2.49. The molecule has 1 aliphatic heterocycles. The standard InChI is InChI=1S/C13H15BrN2O4/c1-13(12(18)19)6-20-5-10(13)16-11(17)8-3-2-7(14)4-9(8)15/h2-4,10H,5-6,15H2,1H3,(H,16,17)(H,18,19). The van der Waals surface area contributed by atoms with Crippen molar-refractivity contribution in [2.24, 2.45) is 5.41 Å². The normalized spacial score (nSPS) is 25.4. The van der Waals surface area contributed by atoms with E-state index in [1.54, 1.807) is 25.1 Å². The smallest absolute Gasteiger partial charge is 0.313 e. The number of nitrogens with one attached hydrogen (secondary N) is 1. The lowest BCUT2D eigenvalue weighted by atomic mass is 9.85. The minimum atomic E-state index is -1.13. The van der Waals surface area contributed by atoms with Gasteiger partial charge in [-0.2, -0.15) is 0 Å². The maximum absolute atomic E-state index is 12.2. The van der Waals surface area contributed by atoms with Gasteiger partial charge in [0, 0.05) is 10.2 Å². The first-order valence-electron chi connectivity index (χ1n) is 6.01. The molecule has 2 rings (SSSR count). The second-order valence-corrected chi connectivity index (χ2v) is 5.91. The fourth-order valence-electron chi connectivity index (χ4n) is 2.06. The number of benzene rings is 1. The van der Waals surface area contributed by atoms with Crippen LogP contribution in [0.2, 0.25) is 0 Å². The van der Waals surface area contributed by atoms with E-state index in [1.807, 2.05) is 0 Å². The van der Waals surface area contributed by atoms with E-state index in [4.69, 9.17) is 10.5 Å². The molecule has 1 heterocycles. The van der Waals surface area contributed by atoms with Crippen molar-refractivity contribution >= 4 is 33.5 Å². The van der Waals surface area contributed by atoms with E-state index < -0.39 is 23.3 Å². The number of halogens is 1. The zero-order valence-corrected chi connectivity index (χ0v) is 12.4. The van der Waals surface area contributed by atoms with E-state index in [-0.39, 0.29) is 13.2 Å². The van der Waals surface area contributed by atoms with Crippen molar-refractivity contribution in [3.05, 3.63) is 28.2 Å². The van der Waals surface area contributed by atoms with Crippen LogP contribution in [0.4, 0.5) is 5.69 Å². The molecule has 2 unspecified atom stereocenters. The van der Waals surface area contributed by atoms with Crippen molar-refractivity contribution in [2.75, 3.05) is 18.9 Å². The molecular weight excluding hydrogens is 328 g/mol. The summed E-state index contributed by atoms with van der Waals surface area (Å²) in [5.74, 6) is -1.40. The minimum absolute atomic E-state index is 0.0725. The van der Waals surface area contributed by atoms with Crippen LogP contribution in [0.1, 0.15) is 17.3 Å². The van der Waals surface area contributed by atoms with Gasteiger partial charge in [0.1, 0.15) is 5.41 Å². The third-order valence-electron chi connectivity index (χ3n) is 3.51. The van der Waals surface area contributed by atoms with Crippen LogP contribution in [-0.2, 0) is 9.53 Å². The Hall–Kier alpha value is -1.60. The molecule has 0 spiro atoms. The number of hydrogen-bond acceptors (Lipinski definition) is 4. The maximum Gasteiger partial charge on any atom is 0.313 e. The van der Waals surface area contributed by atoms with Crippen molar-refractivity contribution in [1.82, 2.24) is 5.32 Å². The van der Waals surface area contributed by atoms with Gasteiger partial charge in [0.25, 0.3) is 5.91 Å². The van der Waals surface area contributed by atoms with Crippen molar-refractivity contribution in [2.45, 2.75) is 13.0 Å². The Bertz CT molecular complexity index is 563. The van der Waals surface area contributed by atoms with Crippen molar-refractivity contribution in [3.63, 3.8) is 0 Å². The summed E-state index contributed by atoms with van der Waals surface area (Å²) >= 11 is 3.26. The van der Waals surface area contributed by atoms with E-state index in [9.17, 15) is 14.7 Å². The number of carbonyl (C=O) groups excluding carboxylic acids is 1. The highest BCUT2D eigenvalue weighted by Gasteiger charge is 2.47. The summed E-state index contributed by atoms with van der Waals surface area (Å²) in [6, 6.07) is 4.32. The molecule has 7 heteroatoms. The zero-order valence-electron chi connectivity index (χ0n) is 10.9. The summed E-state index contributed by atoms with van der Waals surface area (Å²) in [5, 5.41) is 11.9. The molecule has 1 aromatic rings. The predicted octanol–water partition coefficient (Wildman–Crippen LogP) is 1.25. The summed E-state index contributed by atoms with van der Waals surface area (Å²) in [6.07, 6.45) is 0. The first-order valence-corrected chi connectivity index (χ1v) is 6.81. The summed E-state index contributed by atoms with van der Waals surface area (Å²) in [7, 11) is 0. The second-order valence-electron chi connectivity index (χ2n) is 5.00. The summed E-state index contributed by atoms with van der Waals surface area (Å²) < 4.78 is 5.96. The Labute approximate surface area is 124 Å². The van der Waals surface area contributed by atoms with Crippen molar-refractivity contribution in [1.29, 1.82) is 0 Å². The molecule has 20 heavy (non-hydrogen) atoms. The van der Waals surface area contributed by atoms with Gasteiger partial charge in [-0.3, -0.25) is 9.59 Å². The number of aliphatic carboxylic acids is 1. The number of ether oxygens (including phenoxy) is 1. The number of nitrogens with two attached hydrogens (primary N) is 1. The van der Waals surface area contributed by atoms with E-state index in [0.717, 1.165) is 4.47 Å². The highest BCUT2D eigenvalue weighted by molar-refractivity contribution is 9.10. The Morgan fingerprint density at radius 3 is 2.85 bits per heavy atom. The molecule has 0 bridgehead atoms. The lowest BCUT2D eigenvalue weighted by Gasteiger charge is -2.25. The molecule has 2 atom stereocenters. The van der Waals surface area contributed by atoms with Gasteiger partial charge in [-0.15, -0.1) is 0 Å². The van der Waals surface area contributed by atoms with Gasteiger partial charge in [-0.1, -0.05) is 15.9 Å². The van der Waals surface area contributed by atoms with Gasteiger partial charge in [-0.25, -0.2) is 0 Å². The van der Waals surface area contributed by atoms with Crippen LogP contribution >= 0.6 is 15.9 Å². The van der Waals surface area contributed by atoms with Crippen LogP contribution in [0.25, 0.3) is 0 Å². The van der Waals surface area contributed by atoms with Crippen LogP contribution in [0.15, 0.2) is 22.7 Å². The second kappa shape index (κ2) is 5.41. The summed E-state index contributed by atoms with van der Waals surface area (Å²) in [5.41, 5.74) is 5.30. The van der Waals surface area contributed by atoms with Crippen molar-refractivity contribution < 1.29 is 19.4 Å². The van der Waals surface area contributed by atoms with Crippen LogP contribution < -0.4 is 11.1 Å². The fraction of sp³-hybridized carbons (Fsp3) is 0.385. The molecule has 1 amide bonds. The third kappa shape index (κ3) is 2.64. The minimum Gasteiger partial charge on any atom is -0.481 e. The van der Waals surface area contributed by atoms with Crippen LogP contribution in [0, 0.1) is 5.41 Å². The number of nitrogen functional groups attached to an aromatic ring is 1. The molecule has 0 radical (unpaired) electrons. The number of hydrogen-bond donors (Lipinski definition) is 3. The number of carboxylic acids is 1. The molecule has 108 valence electrons. The lowest BCUT2D eigenvalue weighted by molar-refractivity contribution is -0.148. The van der Waals surface area contributed by atoms with E-state index >= 15 is 0 Å². The van der Waals surface area contributed by atoms with E-state index in [0.29, 0.717) is 11.3 Å². The monoisotopic (exact) mass is 342 g/mol. The van der Waals surface area contributed by atoms with Gasteiger partial charge in [0.05, 0.1) is 24.8 Å². The average molecular weight is 343 g/mol. The molecule has 4 N–H and O–H groups in total. The van der Waals surface area contributed by atoms with Crippen molar-refractivity contribution in [3.8, 4) is 0 Å². The van der Waals surface area contributed by atoms with Gasteiger partial charge in [0.15, 0.2) is 0 Å². The molecule has 1 fully saturated rings. The Morgan fingerprint density at radius 1 is 1.55 bits per heavy atom. The fourth-order valence-corrected chi connectivity index (χ4v) is 2.44. The van der Waals surface area contributed by atoms with E-state index in [2.05, 4.69) is 21.2 Å². The molecule has 6 nitrogen and oxygen atoms in total. The molecule has 0 saturated carbocycles. The summed E-state index contributed by atoms with van der Waals surface area (Å²) in [4.78, 5) is 23.5. The van der Waals surface area contributed by atoms with Crippen LogP contribution in [0.5, 0.6) is 0 Å². The number of amides is 1. The maximum atomic E-state index is 12.2.